The number of hydrogen-bond acceptors (Lipinski definition) is 5. The highest BCUT2D eigenvalue weighted by Gasteiger charge is 2.13. The van der Waals surface area contributed by atoms with E-state index in [1.54, 1.807) is 32.7 Å². The molecule has 1 heterocycles. The Morgan fingerprint density at radius 1 is 1.15 bits per heavy atom. The van der Waals surface area contributed by atoms with Gasteiger partial charge in [0.25, 0.3) is 5.56 Å². The monoisotopic (exact) mass is 385 g/mol. The summed E-state index contributed by atoms with van der Waals surface area (Å²) in [4.78, 5) is 17.1. The maximum atomic E-state index is 12.9. The van der Waals surface area contributed by atoms with Gasteiger partial charge in [0.05, 0.1) is 19.9 Å². The zero-order valence-corrected chi connectivity index (χ0v) is 16.1. The van der Waals surface area contributed by atoms with Crippen LogP contribution in [0.2, 0.25) is 5.02 Å². The van der Waals surface area contributed by atoms with Crippen LogP contribution in [0.4, 0.5) is 5.82 Å². The average Bonchev–Trinajstić information content (AvgIpc) is 2.69. The smallest absolute Gasteiger partial charge is 0.297 e. The lowest BCUT2D eigenvalue weighted by Crippen LogP contribution is -2.23. The molecule has 0 unspecified atom stereocenters. The van der Waals surface area contributed by atoms with Crippen molar-refractivity contribution in [2.24, 2.45) is 0 Å². The Morgan fingerprint density at radius 2 is 1.89 bits per heavy atom. The second-order valence-electron chi connectivity index (χ2n) is 5.93. The molecule has 0 fully saturated rings. The summed E-state index contributed by atoms with van der Waals surface area (Å²) < 4.78 is 12.0. The first-order valence-electron chi connectivity index (χ1n) is 8.32. The molecular weight excluding hydrogens is 366 g/mol. The van der Waals surface area contributed by atoms with Crippen molar-refractivity contribution in [1.29, 1.82) is 0 Å². The van der Waals surface area contributed by atoms with Gasteiger partial charge < -0.3 is 14.8 Å². The summed E-state index contributed by atoms with van der Waals surface area (Å²) in [6.07, 6.45) is 3.17. The highest BCUT2D eigenvalue weighted by molar-refractivity contribution is 6.31. The fraction of sp³-hybridized carbons (Fsp3) is 0.200. The Bertz CT molecular complexity index is 1000. The van der Waals surface area contributed by atoms with Gasteiger partial charge >= 0.3 is 0 Å². The van der Waals surface area contributed by atoms with E-state index in [1.807, 2.05) is 37.3 Å². The minimum Gasteiger partial charge on any atom is -0.497 e. The number of benzene rings is 2. The van der Waals surface area contributed by atoms with Crippen molar-refractivity contribution in [3.63, 3.8) is 0 Å². The van der Waals surface area contributed by atoms with E-state index in [9.17, 15) is 4.79 Å². The van der Waals surface area contributed by atoms with Crippen molar-refractivity contribution in [3.8, 4) is 17.2 Å². The molecule has 1 N–H and O–H groups in total. The number of aromatic nitrogens is 2. The second kappa shape index (κ2) is 8.14. The lowest BCUT2D eigenvalue weighted by Gasteiger charge is -2.14. The fourth-order valence-corrected chi connectivity index (χ4v) is 2.81. The molecule has 7 heteroatoms. The molecule has 0 atom stereocenters. The quantitative estimate of drug-likeness (QED) is 0.698. The van der Waals surface area contributed by atoms with E-state index < -0.39 is 0 Å². The van der Waals surface area contributed by atoms with Crippen molar-refractivity contribution in [1.82, 2.24) is 9.55 Å². The van der Waals surface area contributed by atoms with Crippen LogP contribution in [0.1, 0.15) is 11.1 Å². The van der Waals surface area contributed by atoms with E-state index in [4.69, 9.17) is 21.1 Å². The molecule has 0 saturated heterocycles. The number of ether oxygens (including phenoxy) is 2. The van der Waals surface area contributed by atoms with Gasteiger partial charge in [-0.15, -0.1) is 0 Å². The number of nitrogens with zero attached hydrogens (tertiary/aromatic N) is 2. The molecule has 0 saturated carbocycles. The van der Waals surface area contributed by atoms with Gasteiger partial charge in [0, 0.05) is 30.0 Å². The second-order valence-corrected chi connectivity index (χ2v) is 6.33. The fourth-order valence-electron chi connectivity index (χ4n) is 2.65. The molecule has 2 aromatic carbocycles. The van der Waals surface area contributed by atoms with Gasteiger partial charge in [-0.2, -0.15) is 0 Å². The van der Waals surface area contributed by atoms with Crippen molar-refractivity contribution in [2.75, 3.05) is 19.5 Å². The van der Waals surface area contributed by atoms with Gasteiger partial charge in [-0.25, -0.2) is 4.98 Å². The minimum atomic E-state index is -0.272. The minimum absolute atomic E-state index is 0.253. The third-order valence-electron chi connectivity index (χ3n) is 4.18. The van der Waals surface area contributed by atoms with Crippen LogP contribution in [0, 0.1) is 6.92 Å². The predicted octanol–water partition coefficient (Wildman–Crippen LogP) is 3.82. The van der Waals surface area contributed by atoms with E-state index in [0.717, 1.165) is 16.9 Å². The molecule has 0 aliphatic rings. The molecule has 0 aliphatic heterocycles. The van der Waals surface area contributed by atoms with Crippen LogP contribution in [0.5, 0.6) is 11.5 Å². The molecule has 0 spiro atoms. The Hall–Kier alpha value is -2.99. The standard InChI is InChI=1S/C20H20ClN3O3/c1-13-10-17(18(27-3)11-16(13)21)24-9-8-22-19(20(24)25)23-12-14-4-6-15(26-2)7-5-14/h4-11H,12H2,1-3H3,(H,22,23). The number of methoxy groups -OCH3 is 2. The Labute approximate surface area is 162 Å². The van der Waals surface area contributed by atoms with Gasteiger partial charge in [0.1, 0.15) is 11.5 Å². The number of nitrogens with one attached hydrogen (secondary N) is 1. The van der Waals surface area contributed by atoms with Crippen LogP contribution in [-0.4, -0.2) is 23.8 Å². The van der Waals surface area contributed by atoms with Crippen LogP contribution in [-0.2, 0) is 6.54 Å². The molecule has 0 amide bonds. The number of hydrogen-bond donors (Lipinski definition) is 1. The third-order valence-corrected chi connectivity index (χ3v) is 4.59. The lowest BCUT2D eigenvalue weighted by atomic mass is 10.2. The van der Waals surface area contributed by atoms with Gasteiger partial charge in [-0.1, -0.05) is 23.7 Å². The summed E-state index contributed by atoms with van der Waals surface area (Å²) in [5, 5.41) is 3.67. The number of aryl methyl sites for hydroxylation is 1. The normalized spacial score (nSPS) is 10.5. The topological polar surface area (TPSA) is 65.4 Å². The highest BCUT2D eigenvalue weighted by atomic mass is 35.5. The van der Waals surface area contributed by atoms with Crippen LogP contribution in [0.15, 0.2) is 53.6 Å². The maximum absolute atomic E-state index is 12.9. The lowest BCUT2D eigenvalue weighted by molar-refractivity contribution is 0.412. The van der Waals surface area contributed by atoms with Crippen molar-refractivity contribution in [3.05, 3.63) is 75.3 Å². The zero-order valence-electron chi connectivity index (χ0n) is 15.3. The third kappa shape index (κ3) is 4.06. The number of halogens is 1. The van der Waals surface area contributed by atoms with Gasteiger partial charge in [0.15, 0.2) is 5.82 Å². The van der Waals surface area contributed by atoms with E-state index in [-0.39, 0.29) is 11.4 Å². The summed E-state index contributed by atoms with van der Waals surface area (Å²) in [6, 6.07) is 11.1. The molecule has 0 bridgehead atoms. The van der Waals surface area contributed by atoms with Crippen LogP contribution >= 0.6 is 11.6 Å². The molecular formula is C20H20ClN3O3. The molecule has 0 aliphatic carbocycles. The molecule has 3 aromatic rings. The number of anilines is 1. The molecule has 3 rings (SSSR count). The summed E-state index contributed by atoms with van der Waals surface area (Å²) in [7, 11) is 3.16. The molecule has 0 radical (unpaired) electrons. The van der Waals surface area contributed by atoms with E-state index in [2.05, 4.69) is 10.3 Å². The van der Waals surface area contributed by atoms with Crippen LogP contribution < -0.4 is 20.3 Å². The first kappa shape index (κ1) is 18.8. The maximum Gasteiger partial charge on any atom is 0.297 e. The molecule has 6 nitrogen and oxygen atoms in total. The predicted molar refractivity (Wildman–Crippen MR) is 106 cm³/mol. The summed E-state index contributed by atoms with van der Waals surface area (Å²) >= 11 is 6.16. The summed E-state index contributed by atoms with van der Waals surface area (Å²) in [5.74, 6) is 1.55. The van der Waals surface area contributed by atoms with E-state index in [0.29, 0.717) is 23.0 Å². The largest absolute Gasteiger partial charge is 0.497 e. The van der Waals surface area contributed by atoms with Gasteiger partial charge in [0.2, 0.25) is 0 Å². The average molecular weight is 386 g/mol. The van der Waals surface area contributed by atoms with Gasteiger partial charge in [-0.05, 0) is 36.2 Å². The Balaban J connectivity index is 1.90. The van der Waals surface area contributed by atoms with Crippen LogP contribution in [0.3, 0.4) is 0 Å². The summed E-state index contributed by atoms with van der Waals surface area (Å²) in [5.41, 5.74) is 2.20. The molecule has 140 valence electrons. The van der Waals surface area contributed by atoms with Crippen molar-refractivity contribution >= 4 is 17.4 Å². The van der Waals surface area contributed by atoms with Crippen molar-refractivity contribution < 1.29 is 9.47 Å². The highest BCUT2D eigenvalue weighted by Crippen LogP contribution is 2.29. The van der Waals surface area contributed by atoms with E-state index >= 15 is 0 Å². The molecule has 1 aromatic heterocycles. The first-order chi connectivity index (χ1) is 13.0. The van der Waals surface area contributed by atoms with Crippen LogP contribution in [0.25, 0.3) is 5.69 Å². The van der Waals surface area contributed by atoms with Gasteiger partial charge in [-0.3, -0.25) is 9.36 Å². The SMILES string of the molecule is COc1ccc(CNc2nccn(-c3cc(C)c(Cl)cc3OC)c2=O)cc1. The zero-order chi connectivity index (χ0) is 19.4. The van der Waals surface area contributed by atoms with E-state index in [1.165, 1.54) is 4.57 Å². The molecule has 27 heavy (non-hydrogen) atoms. The van der Waals surface area contributed by atoms with Crippen molar-refractivity contribution in [2.45, 2.75) is 13.5 Å². The Morgan fingerprint density at radius 3 is 2.56 bits per heavy atom. The first-order valence-corrected chi connectivity index (χ1v) is 8.70. The Kier molecular flexibility index (Phi) is 5.66. The summed E-state index contributed by atoms with van der Waals surface area (Å²) in [6.45, 7) is 2.34. The number of rotatable bonds is 6.